The fourth-order valence-corrected chi connectivity index (χ4v) is 3.16. The number of hydrogen-bond acceptors (Lipinski definition) is 6. The Hall–Kier alpha value is -3.21. The van der Waals surface area contributed by atoms with Gasteiger partial charge in [-0.05, 0) is 25.4 Å². The number of carboxylic acids is 1. The highest BCUT2D eigenvalue weighted by Gasteiger charge is 2.38. The van der Waals surface area contributed by atoms with Crippen LogP contribution in [0.2, 0.25) is 0 Å². The molecule has 4 rings (SSSR count). The van der Waals surface area contributed by atoms with Gasteiger partial charge in [0.15, 0.2) is 0 Å². The van der Waals surface area contributed by atoms with Gasteiger partial charge in [-0.3, -0.25) is 0 Å². The molecule has 3 aromatic rings. The second kappa shape index (κ2) is 9.08. The summed E-state index contributed by atoms with van der Waals surface area (Å²) in [7, 11) is 2.10. The normalized spacial score (nSPS) is 16.2. The first-order valence-corrected chi connectivity index (χ1v) is 9.24. The zero-order valence-electron chi connectivity index (χ0n) is 16.2. The molecule has 1 aliphatic heterocycles. The average molecular weight is 422 g/mol. The summed E-state index contributed by atoms with van der Waals surface area (Å²) in [5.74, 6) is -0.502. The number of alkyl halides is 3. The Labute approximate surface area is 170 Å². The molecular weight excluding hydrogens is 401 g/mol. The van der Waals surface area contributed by atoms with E-state index in [0.717, 1.165) is 36.7 Å². The molecule has 11 heteroatoms. The van der Waals surface area contributed by atoms with Crippen LogP contribution in [0.25, 0.3) is 17.0 Å². The molecule has 1 aliphatic rings. The van der Waals surface area contributed by atoms with Gasteiger partial charge in [0, 0.05) is 25.2 Å². The third-order valence-electron chi connectivity index (χ3n) is 4.64. The minimum absolute atomic E-state index is 0.637. The Morgan fingerprint density at radius 3 is 2.63 bits per heavy atom. The summed E-state index contributed by atoms with van der Waals surface area (Å²) in [6.45, 7) is 3.20. The van der Waals surface area contributed by atoms with Gasteiger partial charge in [-0.25, -0.2) is 4.79 Å². The molecule has 0 aliphatic carbocycles. The van der Waals surface area contributed by atoms with Crippen LogP contribution in [-0.2, 0) is 4.79 Å². The lowest BCUT2D eigenvalue weighted by atomic mass is 10.1. The maximum atomic E-state index is 10.6. The van der Waals surface area contributed by atoms with Crippen molar-refractivity contribution in [2.75, 3.05) is 31.6 Å². The van der Waals surface area contributed by atoms with E-state index in [9.17, 15) is 13.2 Å². The lowest BCUT2D eigenvalue weighted by Crippen LogP contribution is -2.27. The number of aliphatic carboxylic acids is 1. The molecule has 2 N–H and O–H groups in total. The third-order valence-corrected chi connectivity index (χ3v) is 4.64. The van der Waals surface area contributed by atoms with Crippen LogP contribution < -0.4 is 10.2 Å². The highest BCUT2D eigenvalue weighted by molar-refractivity contribution is 5.73. The summed E-state index contributed by atoms with van der Waals surface area (Å²) < 4.78 is 33.5. The number of halogens is 3. The summed E-state index contributed by atoms with van der Waals surface area (Å²) in [6, 6.07) is 12.4. The molecule has 1 unspecified atom stereocenters. The van der Waals surface area contributed by atoms with E-state index in [0.29, 0.717) is 11.7 Å². The molecule has 3 heterocycles. The monoisotopic (exact) mass is 422 g/mol. The molecule has 0 bridgehead atoms. The average Bonchev–Trinajstić information content (AvgIpc) is 3.39. The number of nitrogens with one attached hydrogen (secondary N) is 1. The maximum absolute atomic E-state index is 10.6. The molecule has 2 aromatic heterocycles. The first kappa shape index (κ1) is 21.5. The second-order valence-corrected chi connectivity index (χ2v) is 6.88. The van der Waals surface area contributed by atoms with E-state index in [4.69, 9.17) is 9.90 Å². The minimum Gasteiger partial charge on any atom is -0.475 e. The second-order valence-electron chi connectivity index (χ2n) is 6.88. The van der Waals surface area contributed by atoms with Gasteiger partial charge >= 0.3 is 12.1 Å². The maximum Gasteiger partial charge on any atom is 0.490 e. The summed E-state index contributed by atoms with van der Waals surface area (Å²) in [6.07, 6.45) is -2.30. The van der Waals surface area contributed by atoms with Crippen molar-refractivity contribution >= 4 is 17.6 Å². The predicted molar refractivity (Wildman–Crippen MR) is 104 cm³/mol. The predicted octanol–water partition coefficient (Wildman–Crippen LogP) is 2.47. The van der Waals surface area contributed by atoms with Crippen LogP contribution in [0.4, 0.5) is 19.0 Å². The van der Waals surface area contributed by atoms with Gasteiger partial charge < -0.3 is 15.3 Å². The number of rotatable bonds is 4. The van der Waals surface area contributed by atoms with Crippen molar-refractivity contribution in [1.82, 2.24) is 24.9 Å². The molecule has 1 fully saturated rings. The van der Waals surface area contributed by atoms with Crippen molar-refractivity contribution in [3.8, 4) is 11.3 Å². The van der Waals surface area contributed by atoms with Crippen molar-refractivity contribution in [3.05, 3.63) is 42.7 Å². The van der Waals surface area contributed by atoms with Crippen LogP contribution in [0.5, 0.6) is 0 Å². The quantitative estimate of drug-likeness (QED) is 0.667. The van der Waals surface area contributed by atoms with E-state index < -0.39 is 12.1 Å². The van der Waals surface area contributed by atoms with Crippen LogP contribution in [0.1, 0.15) is 6.42 Å². The minimum atomic E-state index is -5.08. The van der Waals surface area contributed by atoms with Crippen molar-refractivity contribution < 1.29 is 23.1 Å². The number of carboxylic acid groups (broad SMARTS) is 1. The fraction of sp³-hybridized carbons (Fsp3) is 0.368. The van der Waals surface area contributed by atoms with E-state index in [1.54, 1.807) is 10.8 Å². The molecule has 1 saturated heterocycles. The van der Waals surface area contributed by atoms with Gasteiger partial charge in [-0.1, -0.05) is 30.3 Å². The fourth-order valence-electron chi connectivity index (χ4n) is 3.16. The van der Waals surface area contributed by atoms with Crippen LogP contribution in [0.3, 0.4) is 0 Å². The molecule has 160 valence electrons. The number of benzene rings is 1. The van der Waals surface area contributed by atoms with Gasteiger partial charge in [0.05, 0.1) is 5.69 Å². The van der Waals surface area contributed by atoms with Gasteiger partial charge in [-0.15, -0.1) is 0 Å². The largest absolute Gasteiger partial charge is 0.490 e. The van der Waals surface area contributed by atoms with Gasteiger partial charge in [0.1, 0.15) is 12.1 Å². The van der Waals surface area contributed by atoms with Gasteiger partial charge in [0.25, 0.3) is 5.78 Å². The van der Waals surface area contributed by atoms with E-state index in [2.05, 4.69) is 50.5 Å². The SMILES string of the molecule is CN(CC1CCNC1)c1cc(-c2ccccc2)n2ncnc2n1.O=C(O)C(F)(F)F. The molecular formula is C19H21F3N6O2. The molecule has 1 atom stereocenters. The van der Waals surface area contributed by atoms with Crippen molar-refractivity contribution in [2.24, 2.45) is 5.92 Å². The van der Waals surface area contributed by atoms with E-state index in [1.165, 1.54) is 6.42 Å². The number of fused-ring (bicyclic) bond motifs is 1. The number of aromatic nitrogens is 4. The number of anilines is 1. The van der Waals surface area contributed by atoms with Crippen molar-refractivity contribution in [1.29, 1.82) is 0 Å². The Kier molecular flexibility index (Phi) is 6.50. The zero-order chi connectivity index (χ0) is 21.7. The molecule has 30 heavy (non-hydrogen) atoms. The molecule has 0 amide bonds. The standard InChI is InChI=1S/C17H20N6.C2HF3O2/c1-22(11-13-7-8-18-10-13)16-9-15(14-5-3-2-4-6-14)23-17(21-16)19-12-20-23;3-2(4,5)1(6)7/h2-6,9,12-13,18H,7-8,10-11H2,1H3;(H,6,7). The van der Waals surface area contributed by atoms with Crippen LogP contribution in [0, 0.1) is 5.92 Å². The van der Waals surface area contributed by atoms with Gasteiger partial charge in [0.2, 0.25) is 0 Å². The van der Waals surface area contributed by atoms with Gasteiger partial charge in [-0.2, -0.15) is 32.8 Å². The Morgan fingerprint density at radius 2 is 2.03 bits per heavy atom. The lowest BCUT2D eigenvalue weighted by Gasteiger charge is -2.22. The molecule has 1 aromatic carbocycles. The first-order valence-electron chi connectivity index (χ1n) is 9.24. The van der Waals surface area contributed by atoms with Crippen LogP contribution in [0.15, 0.2) is 42.7 Å². The summed E-state index contributed by atoms with van der Waals surface area (Å²) >= 11 is 0. The van der Waals surface area contributed by atoms with Crippen molar-refractivity contribution in [2.45, 2.75) is 12.6 Å². The van der Waals surface area contributed by atoms with Crippen LogP contribution >= 0.6 is 0 Å². The van der Waals surface area contributed by atoms with E-state index >= 15 is 0 Å². The first-order chi connectivity index (χ1) is 14.3. The molecule has 0 saturated carbocycles. The summed E-state index contributed by atoms with van der Waals surface area (Å²) in [4.78, 5) is 20.1. The Morgan fingerprint density at radius 1 is 1.33 bits per heavy atom. The van der Waals surface area contributed by atoms with Crippen molar-refractivity contribution in [3.63, 3.8) is 0 Å². The highest BCUT2D eigenvalue weighted by atomic mass is 19.4. The summed E-state index contributed by atoms with van der Waals surface area (Å²) in [5.41, 5.74) is 2.13. The summed E-state index contributed by atoms with van der Waals surface area (Å²) in [5, 5.41) is 14.9. The molecule has 0 spiro atoms. The highest BCUT2D eigenvalue weighted by Crippen LogP contribution is 2.24. The smallest absolute Gasteiger partial charge is 0.475 e. The lowest BCUT2D eigenvalue weighted by molar-refractivity contribution is -0.192. The van der Waals surface area contributed by atoms with E-state index in [-0.39, 0.29) is 0 Å². The topological polar surface area (TPSA) is 95.7 Å². The van der Waals surface area contributed by atoms with Crippen LogP contribution in [-0.4, -0.2) is 63.5 Å². The molecule has 8 nitrogen and oxygen atoms in total. The Bertz CT molecular complexity index is 987. The third kappa shape index (κ3) is 5.23. The Balaban J connectivity index is 0.000000318. The number of nitrogens with zero attached hydrogens (tertiary/aromatic N) is 5. The zero-order valence-corrected chi connectivity index (χ0v) is 16.2. The van der Waals surface area contributed by atoms with E-state index in [1.807, 2.05) is 18.2 Å². The number of carbonyl (C=O) groups is 1. The number of hydrogen-bond donors (Lipinski definition) is 2. The molecule has 0 radical (unpaired) electrons.